The molecule has 0 bridgehead atoms. The number of nitro benzene ring substituents is 1. The minimum Gasteiger partial charge on any atom is -0.378 e. The predicted octanol–water partition coefficient (Wildman–Crippen LogP) is 3.91. The number of morpholine rings is 1. The van der Waals surface area contributed by atoms with Crippen LogP contribution in [0.2, 0.25) is 0 Å². The van der Waals surface area contributed by atoms with Crippen molar-refractivity contribution in [1.29, 1.82) is 0 Å². The Balaban J connectivity index is 1.65. The maximum atomic E-state index is 12.9. The summed E-state index contributed by atoms with van der Waals surface area (Å²) in [7, 11) is 0. The third kappa shape index (κ3) is 4.65. The normalized spacial score (nSPS) is 13.4. The van der Waals surface area contributed by atoms with Crippen LogP contribution in [0.3, 0.4) is 0 Å². The number of ether oxygens (including phenoxy) is 1. The first kappa shape index (κ1) is 21.2. The molecule has 32 heavy (non-hydrogen) atoms. The molecule has 8 heteroatoms. The van der Waals surface area contributed by atoms with Crippen molar-refractivity contribution in [3.8, 4) is 0 Å². The molecule has 3 aromatic carbocycles. The summed E-state index contributed by atoms with van der Waals surface area (Å²) in [5.41, 5.74) is 2.48. The standard InChI is InChI=1S/C24H21N3O5/c28-23(17-4-2-1-3-5-17)19-8-11-22(26-12-14-32-15-13-26)21(16-19)25-24(29)18-6-9-20(10-7-18)27(30)31/h1-11,16H,12-15H2,(H,25,29). The van der Waals surface area contributed by atoms with Crippen LogP contribution in [0.1, 0.15) is 26.3 Å². The van der Waals surface area contributed by atoms with Crippen LogP contribution in [0.5, 0.6) is 0 Å². The summed E-state index contributed by atoms with van der Waals surface area (Å²) in [6.45, 7) is 2.46. The number of nitrogens with one attached hydrogen (secondary N) is 1. The molecule has 1 saturated heterocycles. The maximum Gasteiger partial charge on any atom is 0.269 e. The topological polar surface area (TPSA) is 102 Å². The number of carbonyl (C=O) groups is 2. The molecule has 3 aromatic rings. The molecule has 0 unspecified atom stereocenters. The monoisotopic (exact) mass is 431 g/mol. The summed E-state index contributed by atoms with van der Waals surface area (Å²) < 4.78 is 5.42. The molecule has 1 aliphatic heterocycles. The SMILES string of the molecule is O=C(Nc1cc(C(=O)c2ccccc2)ccc1N1CCOCC1)c1ccc([N+](=O)[O-])cc1. The molecule has 1 N–H and O–H groups in total. The first-order valence-electron chi connectivity index (χ1n) is 10.2. The molecule has 0 radical (unpaired) electrons. The Kier molecular flexibility index (Phi) is 6.23. The van der Waals surface area contributed by atoms with Crippen molar-refractivity contribution in [2.75, 3.05) is 36.5 Å². The van der Waals surface area contributed by atoms with E-state index in [-0.39, 0.29) is 17.0 Å². The summed E-state index contributed by atoms with van der Waals surface area (Å²) in [5.74, 6) is -0.566. The second-order valence-corrected chi connectivity index (χ2v) is 7.28. The van der Waals surface area contributed by atoms with Gasteiger partial charge in [-0.1, -0.05) is 30.3 Å². The summed E-state index contributed by atoms with van der Waals surface area (Å²) >= 11 is 0. The maximum absolute atomic E-state index is 12.9. The van der Waals surface area contributed by atoms with Gasteiger partial charge in [-0.3, -0.25) is 19.7 Å². The van der Waals surface area contributed by atoms with Crippen molar-refractivity contribution in [1.82, 2.24) is 0 Å². The van der Waals surface area contributed by atoms with Crippen molar-refractivity contribution in [2.24, 2.45) is 0 Å². The zero-order valence-corrected chi connectivity index (χ0v) is 17.2. The average Bonchev–Trinajstić information content (AvgIpc) is 2.84. The summed E-state index contributed by atoms with van der Waals surface area (Å²) in [5, 5.41) is 13.7. The Morgan fingerprint density at radius 1 is 0.875 bits per heavy atom. The van der Waals surface area contributed by atoms with Gasteiger partial charge in [0, 0.05) is 41.9 Å². The first-order valence-corrected chi connectivity index (χ1v) is 10.2. The molecule has 0 aromatic heterocycles. The highest BCUT2D eigenvalue weighted by atomic mass is 16.6. The highest BCUT2D eigenvalue weighted by Crippen LogP contribution is 2.30. The van der Waals surface area contributed by atoms with E-state index in [1.54, 1.807) is 36.4 Å². The van der Waals surface area contributed by atoms with Gasteiger partial charge in [0.25, 0.3) is 11.6 Å². The first-order chi connectivity index (χ1) is 15.5. The van der Waals surface area contributed by atoms with E-state index < -0.39 is 10.8 Å². The summed E-state index contributed by atoms with van der Waals surface area (Å²) in [6.07, 6.45) is 0. The van der Waals surface area contributed by atoms with E-state index in [9.17, 15) is 19.7 Å². The van der Waals surface area contributed by atoms with Gasteiger partial charge in [0.05, 0.1) is 29.5 Å². The zero-order valence-electron chi connectivity index (χ0n) is 17.2. The molecule has 1 aliphatic rings. The molecule has 0 atom stereocenters. The van der Waals surface area contributed by atoms with E-state index in [0.29, 0.717) is 43.1 Å². The van der Waals surface area contributed by atoms with Crippen LogP contribution >= 0.6 is 0 Å². The van der Waals surface area contributed by atoms with Gasteiger partial charge in [-0.05, 0) is 30.3 Å². The van der Waals surface area contributed by atoms with Crippen LogP contribution in [0.4, 0.5) is 17.1 Å². The number of nitro groups is 1. The molecule has 1 amide bonds. The molecule has 8 nitrogen and oxygen atoms in total. The number of anilines is 2. The average molecular weight is 431 g/mol. The van der Waals surface area contributed by atoms with Gasteiger partial charge in [-0.15, -0.1) is 0 Å². The van der Waals surface area contributed by atoms with E-state index in [1.165, 1.54) is 24.3 Å². The zero-order chi connectivity index (χ0) is 22.5. The van der Waals surface area contributed by atoms with E-state index in [0.717, 1.165) is 5.69 Å². The van der Waals surface area contributed by atoms with Crippen molar-refractivity contribution < 1.29 is 19.2 Å². The van der Waals surface area contributed by atoms with Crippen LogP contribution in [-0.2, 0) is 4.74 Å². The van der Waals surface area contributed by atoms with Crippen LogP contribution in [-0.4, -0.2) is 42.9 Å². The number of hydrogen-bond donors (Lipinski definition) is 1. The Labute approximate surface area is 184 Å². The fourth-order valence-corrected chi connectivity index (χ4v) is 3.54. The number of nitrogens with zero attached hydrogens (tertiary/aromatic N) is 2. The smallest absolute Gasteiger partial charge is 0.269 e. The Morgan fingerprint density at radius 3 is 2.19 bits per heavy atom. The molecule has 1 fully saturated rings. The number of carbonyl (C=O) groups excluding carboxylic acids is 2. The molecule has 0 saturated carbocycles. The highest BCUT2D eigenvalue weighted by Gasteiger charge is 2.20. The Hall–Kier alpha value is -4.04. The van der Waals surface area contributed by atoms with E-state index in [1.807, 2.05) is 12.1 Å². The molecule has 0 spiro atoms. The second kappa shape index (κ2) is 9.40. The van der Waals surface area contributed by atoms with E-state index in [4.69, 9.17) is 4.74 Å². The molecular weight excluding hydrogens is 410 g/mol. The van der Waals surface area contributed by atoms with Gasteiger partial charge in [-0.25, -0.2) is 0 Å². The molecular formula is C24H21N3O5. The predicted molar refractivity (Wildman–Crippen MR) is 120 cm³/mol. The fraction of sp³-hybridized carbons (Fsp3) is 0.167. The van der Waals surface area contributed by atoms with Gasteiger partial charge in [0.1, 0.15) is 0 Å². The molecule has 1 heterocycles. The van der Waals surface area contributed by atoms with Crippen molar-refractivity contribution in [3.63, 3.8) is 0 Å². The summed E-state index contributed by atoms with van der Waals surface area (Å²) in [6, 6.07) is 19.5. The molecule has 162 valence electrons. The minimum atomic E-state index is -0.517. The van der Waals surface area contributed by atoms with Gasteiger partial charge in [0.2, 0.25) is 0 Å². The lowest BCUT2D eigenvalue weighted by atomic mass is 10.0. The van der Waals surface area contributed by atoms with Crippen molar-refractivity contribution in [3.05, 3.63) is 99.6 Å². The fourth-order valence-electron chi connectivity index (χ4n) is 3.54. The van der Waals surface area contributed by atoms with E-state index >= 15 is 0 Å². The number of non-ortho nitro benzene ring substituents is 1. The molecule has 0 aliphatic carbocycles. The quantitative estimate of drug-likeness (QED) is 0.361. The number of rotatable bonds is 6. The highest BCUT2D eigenvalue weighted by molar-refractivity contribution is 6.11. The van der Waals surface area contributed by atoms with E-state index in [2.05, 4.69) is 10.2 Å². The van der Waals surface area contributed by atoms with Gasteiger partial charge < -0.3 is 15.0 Å². The third-order valence-corrected chi connectivity index (χ3v) is 5.24. The van der Waals surface area contributed by atoms with Crippen LogP contribution in [0, 0.1) is 10.1 Å². The number of benzene rings is 3. The largest absolute Gasteiger partial charge is 0.378 e. The third-order valence-electron chi connectivity index (χ3n) is 5.24. The van der Waals surface area contributed by atoms with Crippen LogP contribution in [0.15, 0.2) is 72.8 Å². The number of ketones is 1. The van der Waals surface area contributed by atoms with Gasteiger partial charge >= 0.3 is 0 Å². The lowest BCUT2D eigenvalue weighted by Crippen LogP contribution is -2.36. The Morgan fingerprint density at radius 2 is 1.53 bits per heavy atom. The molecule has 4 rings (SSSR count). The summed E-state index contributed by atoms with van der Waals surface area (Å²) in [4.78, 5) is 38.2. The lowest BCUT2D eigenvalue weighted by molar-refractivity contribution is -0.384. The van der Waals surface area contributed by atoms with Crippen LogP contribution in [0.25, 0.3) is 0 Å². The van der Waals surface area contributed by atoms with Crippen LogP contribution < -0.4 is 10.2 Å². The van der Waals surface area contributed by atoms with Gasteiger partial charge in [-0.2, -0.15) is 0 Å². The van der Waals surface area contributed by atoms with Crippen molar-refractivity contribution in [2.45, 2.75) is 0 Å². The van der Waals surface area contributed by atoms with Gasteiger partial charge in [0.15, 0.2) is 5.78 Å². The van der Waals surface area contributed by atoms with Crippen molar-refractivity contribution >= 4 is 28.8 Å². The lowest BCUT2D eigenvalue weighted by Gasteiger charge is -2.30. The second-order valence-electron chi connectivity index (χ2n) is 7.28. The number of hydrogen-bond acceptors (Lipinski definition) is 6. The Bertz CT molecular complexity index is 1140. The number of amides is 1. The minimum absolute atomic E-state index is 0.0917.